The van der Waals surface area contributed by atoms with E-state index in [-0.39, 0.29) is 23.1 Å². The molecule has 9 heteroatoms. The highest BCUT2D eigenvalue weighted by Crippen LogP contribution is 2.32. The lowest BCUT2D eigenvalue weighted by molar-refractivity contribution is -0.142. The van der Waals surface area contributed by atoms with Gasteiger partial charge in [-0.05, 0) is 31.0 Å². The van der Waals surface area contributed by atoms with Crippen molar-refractivity contribution in [2.24, 2.45) is 0 Å². The molecule has 1 aromatic carbocycles. The second-order valence-electron chi connectivity index (χ2n) is 6.79. The van der Waals surface area contributed by atoms with Gasteiger partial charge in [-0.2, -0.15) is 18.3 Å². The van der Waals surface area contributed by atoms with E-state index in [4.69, 9.17) is 11.6 Å². The van der Waals surface area contributed by atoms with Crippen LogP contribution in [0.1, 0.15) is 41.9 Å². The average Bonchev–Trinajstić information content (AvgIpc) is 3.29. The zero-order chi connectivity index (χ0) is 19.9. The number of halogens is 4. The highest BCUT2D eigenvalue weighted by atomic mass is 35.5. The highest BCUT2D eigenvalue weighted by Gasteiger charge is 2.35. The van der Waals surface area contributed by atoms with Crippen LogP contribution >= 0.6 is 11.6 Å². The lowest BCUT2D eigenvalue weighted by Crippen LogP contribution is -2.32. The zero-order valence-electron chi connectivity index (χ0n) is 14.6. The van der Waals surface area contributed by atoms with Crippen molar-refractivity contribution in [3.05, 3.63) is 52.8 Å². The van der Waals surface area contributed by atoms with Crippen LogP contribution in [0.3, 0.4) is 0 Å². The SMILES string of the molecule is O=C(NC1CCCC1)c1cc2nc(-c3ccc(Cl)cc3)cc(C(F)(F)F)n2n1. The van der Waals surface area contributed by atoms with Crippen LogP contribution in [-0.2, 0) is 6.18 Å². The maximum absolute atomic E-state index is 13.6. The van der Waals surface area contributed by atoms with E-state index in [9.17, 15) is 18.0 Å². The van der Waals surface area contributed by atoms with Crippen LogP contribution in [0.25, 0.3) is 16.9 Å². The van der Waals surface area contributed by atoms with Gasteiger partial charge < -0.3 is 5.32 Å². The Bertz CT molecular complexity index is 1020. The Morgan fingerprint density at radius 2 is 1.82 bits per heavy atom. The average molecular weight is 409 g/mol. The fraction of sp³-hybridized carbons (Fsp3) is 0.316. The number of fused-ring (bicyclic) bond motifs is 1. The molecule has 1 N–H and O–H groups in total. The first-order valence-corrected chi connectivity index (χ1v) is 9.24. The molecule has 2 heterocycles. The molecule has 28 heavy (non-hydrogen) atoms. The summed E-state index contributed by atoms with van der Waals surface area (Å²) in [6.07, 6.45) is -0.869. The van der Waals surface area contributed by atoms with Gasteiger partial charge in [0, 0.05) is 22.7 Å². The molecule has 0 radical (unpaired) electrons. The fourth-order valence-electron chi connectivity index (χ4n) is 3.39. The maximum Gasteiger partial charge on any atom is 0.433 e. The number of nitrogens with one attached hydrogen (secondary N) is 1. The van der Waals surface area contributed by atoms with Crippen molar-refractivity contribution in [2.75, 3.05) is 0 Å². The van der Waals surface area contributed by atoms with Gasteiger partial charge >= 0.3 is 6.18 Å². The molecular weight excluding hydrogens is 393 g/mol. The van der Waals surface area contributed by atoms with E-state index in [0.29, 0.717) is 15.1 Å². The first-order chi connectivity index (χ1) is 13.3. The summed E-state index contributed by atoms with van der Waals surface area (Å²) in [6, 6.07) is 8.56. The number of hydrogen-bond donors (Lipinski definition) is 1. The molecule has 1 fully saturated rings. The van der Waals surface area contributed by atoms with Crippen LogP contribution in [0.2, 0.25) is 5.02 Å². The monoisotopic (exact) mass is 408 g/mol. The second kappa shape index (κ2) is 7.09. The van der Waals surface area contributed by atoms with E-state index in [1.165, 1.54) is 6.07 Å². The van der Waals surface area contributed by atoms with Gasteiger partial charge in [-0.25, -0.2) is 9.50 Å². The van der Waals surface area contributed by atoms with Gasteiger partial charge in [0.15, 0.2) is 17.0 Å². The van der Waals surface area contributed by atoms with Crippen LogP contribution in [0.15, 0.2) is 36.4 Å². The third kappa shape index (κ3) is 3.69. The van der Waals surface area contributed by atoms with Gasteiger partial charge in [-0.3, -0.25) is 4.79 Å². The largest absolute Gasteiger partial charge is 0.433 e. The Morgan fingerprint density at radius 1 is 1.14 bits per heavy atom. The molecule has 1 aliphatic rings. The number of alkyl halides is 3. The number of carbonyl (C=O) groups excluding carboxylic acids is 1. The summed E-state index contributed by atoms with van der Waals surface area (Å²) >= 11 is 5.85. The van der Waals surface area contributed by atoms with Crippen molar-refractivity contribution >= 4 is 23.2 Å². The van der Waals surface area contributed by atoms with Crippen molar-refractivity contribution in [2.45, 2.75) is 37.9 Å². The zero-order valence-corrected chi connectivity index (χ0v) is 15.4. The third-order valence-corrected chi connectivity index (χ3v) is 5.03. The quantitative estimate of drug-likeness (QED) is 0.681. The molecule has 4 rings (SSSR count). The van der Waals surface area contributed by atoms with Gasteiger partial charge in [0.2, 0.25) is 0 Å². The number of rotatable bonds is 3. The summed E-state index contributed by atoms with van der Waals surface area (Å²) in [6.45, 7) is 0. The Hall–Kier alpha value is -2.61. The van der Waals surface area contributed by atoms with Crippen molar-refractivity contribution in [1.82, 2.24) is 19.9 Å². The summed E-state index contributed by atoms with van der Waals surface area (Å²) in [4.78, 5) is 16.7. The maximum atomic E-state index is 13.6. The standard InChI is InChI=1S/C19H16ClF3N4O/c20-12-7-5-11(6-8-12)14-9-16(19(21,22)23)27-17(25-14)10-15(26-27)18(28)24-13-3-1-2-4-13/h5-10,13H,1-4H2,(H,24,28). The smallest absolute Gasteiger partial charge is 0.348 e. The van der Waals surface area contributed by atoms with Crippen LogP contribution < -0.4 is 5.32 Å². The van der Waals surface area contributed by atoms with E-state index in [0.717, 1.165) is 31.7 Å². The minimum atomic E-state index is -4.66. The molecule has 5 nitrogen and oxygen atoms in total. The molecule has 0 unspecified atom stereocenters. The molecule has 0 spiro atoms. The topological polar surface area (TPSA) is 59.3 Å². The van der Waals surface area contributed by atoms with E-state index in [1.54, 1.807) is 24.3 Å². The van der Waals surface area contributed by atoms with E-state index >= 15 is 0 Å². The molecule has 3 aromatic rings. The Labute approximate surface area is 163 Å². The van der Waals surface area contributed by atoms with E-state index in [1.807, 2.05) is 0 Å². The summed E-state index contributed by atoms with van der Waals surface area (Å²) in [5, 5.41) is 7.17. The van der Waals surface area contributed by atoms with Crippen molar-refractivity contribution < 1.29 is 18.0 Å². The normalized spacial score (nSPS) is 15.3. The number of nitrogens with zero attached hydrogens (tertiary/aromatic N) is 3. The third-order valence-electron chi connectivity index (χ3n) is 4.78. The van der Waals surface area contributed by atoms with Crippen LogP contribution in [0.4, 0.5) is 13.2 Å². The number of hydrogen-bond acceptors (Lipinski definition) is 3. The molecule has 1 amide bonds. The molecular formula is C19H16ClF3N4O. The lowest BCUT2D eigenvalue weighted by Gasteiger charge is -2.11. The lowest BCUT2D eigenvalue weighted by atomic mass is 10.1. The second-order valence-corrected chi connectivity index (χ2v) is 7.22. The Morgan fingerprint density at radius 3 is 2.46 bits per heavy atom. The van der Waals surface area contributed by atoms with Crippen LogP contribution in [0.5, 0.6) is 0 Å². The van der Waals surface area contributed by atoms with Crippen molar-refractivity contribution in [3.8, 4) is 11.3 Å². The molecule has 2 aromatic heterocycles. The molecule has 1 saturated carbocycles. The first kappa shape index (κ1) is 18.7. The van der Waals surface area contributed by atoms with Gasteiger partial charge in [-0.1, -0.05) is 36.6 Å². The molecule has 0 atom stereocenters. The van der Waals surface area contributed by atoms with Crippen molar-refractivity contribution in [3.63, 3.8) is 0 Å². The van der Waals surface area contributed by atoms with Gasteiger partial charge in [0.25, 0.3) is 5.91 Å². The number of aromatic nitrogens is 3. The predicted molar refractivity (Wildman–Crippen MR) is 98.2 cm³/mol. The summed E-state index contributed by atoms with van der Waals surface area (Å²) in [7, 11) is 0. The minimum Gasteiger partial charge on any atom is -0.348 e. The van der Waals surface area contributed by atoms with Gasteiger partial charge in [0.1, 0.15) is 0 Å². The number of benzene rings is 1. The van der Waals surface area contributed by atoms with E-state index in [2.05, 4.69) is 15.4 Å². The Balaban J connectivity index is 1.77. The molecule has 0 bridgehead atoms. The number of carbonyl (C=O) groups is 1. The number of amides is 1. The van der Waals surface area contributed by atoms with Gasteiger partial charge in [-0.15, -0.1) is 0 Å². The van der Waals surface area contributed by atoms with Gasteiger partial charge in [0.05, 0.1) is 5.69 Å². The molecule has 1 aliphatic carbocycles. The molecule has 146 valence electrons. The fourth-order valence-corrected chi connectivity index (χ4v) is 3.51. The van der Waals surface area contributed by atoms with Crippen LogP contribution in [-0.4, -0.2) is 26.5 Å². The molecule has 0 aliphatic heterocycles. The summed E-state index contributed by atoms with van der Waals surface area (Å²) < 4.78 is 41.5. The minimum absolute atomic E-state index is 0.0389. The Kier molecular flexibility index (Phi) is 4.74. The summed E-state index contributed by atoms with van der Waals surface area (Å²) in [5.74, 6) is -0.487. The van der Waals surface area contributed by atoms with Crippen LogP contribution in [0, 0.1) is 0 Å². The summed E-state index contributed by atoms with van der Waals surface area (Å²) in [5.41, 5.74) is -0.522. The first-order valence-electron chi connectivity index (χ1n) is 8.86. The predicted octanol–water partition coefficient (Wildman–Crippen LogP) is 4.74. The molecule has 0 saturated heterocycles. The van der Waals surface area contributed by atoms with Crippen molar-refractivity contribution in [1.29, 1.82) is 0 Å². The van der Waals surface area contributed by atoms with E-state index < -0.39 is 17.8 Å². The highest BCUT2D eigenvalue weighted by molar-refractivity contribution is 6.30.